The first-order valence-corrected chi connectivity index (χ1v) is 7.25. The largest absolute Gasteiger partial charge is 0.274 e. The number of hydrogen-bond donors (Lipinski definition) is 0. The predicted molar refractivity (Wildman–Crippen MR) is 74.6 cm³/mol. The van der Waals surface area contributed by atoms with Crippen molar-refractivity contribution in [2.75, 3.05) is 17.0 Å². The number of nitrogens with zero attached hydrogens (tertiary/aromatic N) is 1. The molecule has 0 saturated carbocycles. The van der Waals surface area contributed by atoms with Crippen molar-refractivity contribution in [3.63, 3.8) is 0 Å². The van der Waals surface area contributed by atoms with E-state index < -0.39 is 0 Å². The van der Waals surface area contributed by atoms with Gasteiger partial charge >= 0.3 is 0 Å². The Hall–Kier alpha value is -0.930. The van der Waals surface area contributed by atoms with Crippen LogP contribution in [0.4, 0.5) is 5.69 Å². The third-order valence-electron chi connectivity index (χ3n) is 2.76. The molecule has 1 aromatic carbocycles. The van der Waals surface area contributed by atoms with Crippen LogP contribution in [0.2, 0.25) is 0 Å². The van der Waals surface area contributed by atoms with Gasteiger partial charge in [-0.05, 0) is 30.7 Å². The number of anilines is 1. The minimum Gasteiger partial charge on any atom is -0.274 e. The lowest BCUT2D eigenvalue weighted by Crippen LogP contribution is -2.30. The Morgan fingerprint density at radius 1 is 1.47 bits per heavy atom. The zero-order valence-electron chi connectivity index (χ0n) is 9.65. The van der Waals surface area contributed by atoms with E-state index in [4.69, 9.17) is 11.6 Å². The highest BCUT2D eigenvalue weighted by Crippen LogP contribution is 2.32. The van der Waals surface area contributed by atoms with Crippen LogP contribution in [0.5, 0.6) is 0 Å². The fraction of sp³-hybridized carbons (Fsp3) is 0.308. The van der Waals surface area contributed by atoms with Crippen LogP contribution >= 0.6 is 23.4 Å². The number of carbonyl (C=O) groups is 1. The fourth-order valence-electron chi connectivity index (χ4n) is 1.99. The number of hydrogen-bond acceptors (Lipinski definition) is 2. The molecule has 1 aromatic rings. The molecule has 1 amide bonds. The summed E-state index contributed by atoms with van der Waals surface area (Å²) in [5.74, 6) is -0.0618. The monoisotopic (exact) mass is 267 g/mol. The lowest BCUT2D eigenvalue weighted by molar-refractivity contribution is -0.115. The Morgan fingerprint density at radius 2 is 2.24 bits per heavy atom. The van der Waals surface area contributed by atoms with Crippen LogP contribution < -0.4 is 4.90 Å². The molecule has 17 heavy (non-hydrogen) atoms. The van der Waals surface area contributed by atoms with Crippen molar-refractivity contribution in [2.45, 2.75) is 12.8 Å². The molecule has 0 bridgehead atoms. The highest BCUT2D eigenvalue weighted by molar-refractivity contribution is 8.02. The van der Waals surface area contributed by atoms with Crippen molar-refractivity contribution < 1.29 is 4.79 Å². The minimum absolute atomic E-state index is 0.00618. The predicted octanol–water partition coefficient (Wildman–Crippen LogP) is 3.41. The summed E-state index contributed by atoms with van der Waals surface area (Å²) < 4.78 is 0. The van der Waals surface area contributed by atoms with E-state index in [0.717, 1.165) is 23.6 Å². The third kappa shape index (κ3) is 2.50. The molecule has 0 fully saturated rings. The maximum Gasteiger partial charge on any atom is 0.246 e. The van der Waals surface area contributed by atoms with E-state index in [1.807, 2.05) is 24.5 Å². The Morgan fingerprint density at radius 3 is 2.94 bits per heavy atom. The Balaban J connectivity index is 2.50. The van der Waals surface area contributed by atoms with Gasteiger partial charge in [0.05, 0.1) is 10.7 Å². The van der Waals surface area contributed by atoms with E-state index in [1.54, 1.807) is 16.7 Å². The molecule has 0 aromatic heterocycles. The number of carbonyl (C=O) groups excluding carboxylic acids is 1. The van der Waals surface area contributed by atoms with Gasteiger partial charge in [0.1, 0.15) is 5.88 Å². The normalized spacial score (nSPS) is 14.9. The standard InChI is InChI=1S/C13H14ClNOS/c1-17-13-8-4-6-10-5-2-3-7-11(10)15(13)12(16)9-14/h2-3,5,7-8H,4,6,9H2,1H3. The quantitative estimate of drug-likeness (QED) is 0.766. The fourth-order valence-corrected chi connectivity index (χ4v) is 2.78. The van der Waals surface area contributed by atoms with Gasteiger partial charge in [0.25, 0.3) is 0 Å². The first-order valence-electron chi connectivity index (χ1n) is 5.49. The van der Waals surface area contributed by atoms with E-state index >= 15 is 0 Å². The number of benzene rings is 1. The Kier molecular flexibility index (Phi) is 4.13. The summed E-state index contributed by atoms with van der Waals surface area (Å²) in [6.45, 7) is 0. The second-order valence-electron chi connectivity index (χ2n) is 3.78. The average Bonchev–Trinajstić information content (AvgIpc) is 2.56. The zero-order valence-corrected chi connectivity index (χ0v) is 11.2. The van der Waals surface area contributed by atoms with Crippen LogP contribution in [0.3, 0.4) is 0 Å². The summed E-state index contributed by atoms with van der Waals surface area (Å²) >= 11 is 7.28. The molecular weight excluding hydrogens is 254 g/mol. The van der Waals surface area contributed by atoms with Gasteiger partial charge in [0.2, 0.25) is 5.91 Å². The summed E-state index contributed by atoms with van der Waals surface area (Å²) in [6, 6.07) is 8.01. The number of alkyl halides is 1. The van der Waals surface area contributed by atoms with Crippen molar-refractivity contribution in [2.24, 2.45) is 0 Å². The first kappa shape index (κ1) is 12.5. The molecule has 0 spiro atoms. The Bertz CT molecular complexity index is 458. The number of rotatable bonds is 2. The number of halogens is 1. The topological polar surface area (TPSA) is 20.3 Å². The van der Waals surface area contributed by atoms with Gasteiger partial charge in [-0.2, -0.15) is 0 Å². The molecule has 2 nitrogen and oxygen atoms in total. The van der Waals surface area contributed by atoms with Gasteiger partial charge in [-0.3, -0.25) is 9.69 Å². The van der Waals surface area contributed by atoms with Crippen LogP contribution in [0.1, 0.15) is 12.0 Å². The third-order valence-corrected chi connectivity index (χ3v) is 3.75. The van der Waals surface area contributed by atoms with Gasteiger partial charge < -0.3 is 0 Å². The van der Waals surface area contributed by atoms with Gasteiger partial charge in [-0.25, -0.2) is 0 Å². The zero-order chi connectivity index (χ0) is 12.3. The molecule has 0 aliphatic carbocycles. The van der Waals surface area contributed by atoms with Crippen molar-refractivity contribution in [1.82, 2.24) is 0 Å². The van der Waals surface area contributed by atoms with Crippen LogP contribution in [0.25, 0.3) is 0 Å². The van der Waals surface area contributed by atoms with Crippen molar-refractivity contribution in [3.05, 3.63) is 40.9 Å². The second kappa shape index (κ2) is 5.61. The number of amides is 1. The van der Waals surface area contributed by atoms with Crippen LogP contribution in [-0.4, -0.2) is 18.0 Å². The summed E-state index contributed by atoms with van der Waals surface area (Å²) in [5.41, 5.74) is 2.17. The number of allylic oxidation sites excluding steroid dienone is 1. The van der Waals surface area contributed by atoms with E-state index in [0.29, 0.717) is 0 Å². The molecule has 0 atom stereocenters. The molecule has 1 aliphatic heterocycles. The molecule has 1 heterocycles. The molecule has 2 rings (SSSR count). The highest BCUT2D eigenvalue weighted by Gasteiger charge is 2.22. The highest BCUT2D eigenvalue weighted by atomic mass is 35.5. The summed E-state index contributed by atoms with van der Waals surface area (Å²) in [4.78, 5) is 13.7. The first-order chi connectivity index (χ1) is 8.27. The molecule has 0 unspecified atom stereocenters. The summed E-state index contributed by atoms with van der Waals surface area (Å²) in [7, 11) is 0. The van der Waals surface area contributed by atoms with E-state index in [9.17, 15) is 4.79 Å². The summed E-state index contributed by atoms with van der Waals surface area (Å²) in [6.07, 6.45) is 6.01. The molecule has 4 heteroatoms. The lowest BCUT2D eigenvalue weighted by Gasteiger charge is -2.24. The maximum absolute atomic E-state index is 12.0. The SMILES string of the molecule is CSC1=CCCc2ccccc2N1C(=O)CCl. The second-order valence-corrected chi connectivity index (χ2v) is 4.87. The number of aryl methyl sites for hydroxylation is 1. The smallest absolute Gasteiger partial charge is 0.246 e. The van der Waals surface area contributed by atoms with Crippen LogP contribution in [0.15, 0.2) is 35.4 Å². The average molecular weight is 268 g/mol. The number of para-hydroxylation sites is 1. The molecule has 1 aliphatic rings. The summed E-state index contributed by atoms with van der Waals surface area (Å²) in [5, 5.41) is 0.973. The van der Waals surface area contributed by atoms with Crippen molar-refractivity contribution in [1.29, 1.82) is 0 Å². The molecule has 0 N–H and O–H groups in total. The van der Waals surface area contributed by atoms with E-state index in [2.05, 4.69) is 12.1 Å². The molecule has 90 valence electrons. The molecular formula is C13H14ClNOS. The van der Waals surface area contributed by atoms with Gasteiger partial charge in [-0.15, -0.1) is 23.4 Å². The lowest BCUT2D eigenvalue weighted by atomic mass is 10.1. The van der Waals surface area contributed by atoms with Gasteiger partial charge in [0.15, 0.2) is 0 Å². The molecule has 0 saturated heterocycles. The van der Waals surface area contributed by atoms with Crippen molar-refractivity contribution >= 4 is 35.0 Å². The number of fused-ring (bicyclic) bond motifs is 1. The van der Waals surface area contributed by atoms with Crippen molar-refractivity contribution in [3.8, 4) is 0 Å². The van der Waals surface area contributed by atoms with Gasteiger partial charge in [-0.1, -0.05) is 24.3 Å². The van der Waals surface area contributed by atoms with E-state index in [1.165, 1.54) is 5.56 Å². The van der Waals surface area contributed by atoms with Crippen LogP contribution in [-0.2, 0) is 11.2 Å². The number of thioether (sulfide) groups is 1. The van der Waals surface area contributed by atoms with Crippen LogP contribution in [0, 0.1) is 0 Å². The molecule has 0 radical (unpaired) electrons. The minimum atomic E-state index is -0.0679. The Labute approximate surface area is 111 Å². The maximum atomic E-state index is 12.0. The van der Waals surface area contributed by atoms with E-state index in [-0.39, 0.29) is 11.8 Å². The van der Waals surface area contributed by atoms with Gasteiger partial charge in [0, 0.05) is 0 Å².